The molecule has 150 valence electrons. The van der Waals surface area contributed by atoms with E-state index < -0.39 is 23.3 Å². The van der Waals surface area contributed by atoms with Gasteiger partial charge < -0.3 is 5.43 Å². The standard InChI is InChI=1S/C19H14ClF3N4OS/c1-10-2-4-12(5-3-10)15(28)16-14(11-6-8-13(20)9-7-11)26-27-17(19(21,22)23)24-25-18(27)29-16/h2-9,14,16,26H,1H3/t14-,16-/m0/s1. The molecule has 0 unspecified atom stereocenters. The van der Waals surface area contributed by atoms with Crippen molar-refractivity contribution in [1.82, 2.24) is 14.9 Å². The lowest BCUT2D eigenvalue weighted by atomic mass is 9.97. The molecule has 0 saturated heterocycles. The van der Waals surface area contributed by atoms with Crippen LogP contribution >= 0.6 is 23.4 Å². The van der Waals surface area contributed by atoms with Gasteiger partial charge in [0, 0.05) is 10.6 Å². The topological polar surface area (TPSA) is 59.8 Å². The summed E-state index contributed by atoms with van der Waals surface area (Å²) in [6, 6.07) is 12.9. The number of carbonyl (C=O) groups excluding carboxylic acids is 1. The van der Waals surface area contributed by atoms with Crippen LogP contribution in [0.25, 0.3) is 0 Å². The van der Waals surface area contributed by atoms with E-state index in [9.17, 15) is 18.0 Å². The van der Waals surface area contributed by atoms with Gasteiger partial charge in [-0.25, -0.2) is 4.68 Å². The Morgan fingerprint density at radius 3 is 2.38 bits per heavy atom. The molecule has 3 aromatic rings. The molecule has 10 heteroatoms. The maximum atomic E-state index is 13.3. The molecule has 1 N–H and O–H groups in total. The first-order valence-corrected chi connectivity index (χ1v) is 9.82. The number of nitrogens with one attached hydrogen (secondary N) is 1. The molecule has 2 heterocycles. The number of nitrogens with zero attached hydrogens (tertiary/aromatic N) is 3. The van der Waals surface area contributed by atoms with Crippen molar-refractivity contribution in [2.45, 2.75) is 29.5 Å². The highest BCUT2D eigenvalue weighted by molar-refractivity contribution is 8.00. The normalized spacial score (nSPS) is 18.8. The van der Waals surface area contributed by atoms with Crippen molar-refractivity contribution in [3.05, 3.63) is 76.1 Å². The van der Waals surface area contributed by atoms with E-state index in [4.69, 9.17) is 11.6 Å². The first-order chi connectivity index (χ1) is 13.7. The fourth-order valence-electron chi connectivity index (χ4n) is 3.04. The fraction of sp³-hybridized carbons (Fsp3) is 0.211. The molecule has 2 aromatic carbocycles. The molecule has 0 saturated carbocycles. The zero-order valence-electron chi connectivity index (χ0n) is 14.9. The second-order valence-electron chi connectivity index (χ2n) is 6.57. The molecule has 0 bridgehead atoms. The Balaban J connectivity index is 1.77. The number of alkyl halides is 3. The van der Waals surface area contributed by atoms with Crippen molar-refractivity contribution in [2.75, 3.05) is 5.43 Å². The van der Waals surface area contributed by atoms with Crippen molar-refractivity contribution in [1.29, 1.82) is 0 Å². The fourth-order valence-corrected chi connectivity index (χ4v) is 4.32. The van der Waals surface area contributed by atoms with Crippen LogP contribution in [0, 0.1) is 6.92 Å². The highest BCUT2D eigenvalue weighted by atomic mass is 35.5. The van der Waals surface area contributed by atoms with Gasteiger partial charge in [0.25, 0.3) is 5.82 Å². The lowest BCUT2D eigenvalue weighted by Gasteiger charge is -2.33. The Bertz CT molecular complexity index is 1050. The minimum absolute atomic E-state index is 0.0204. The zero-order valence-corrected chi connectivity index (χ0v) is 16.5. The molecule has 29 heavy (non-hydrogen) atoms. The van der Waals surface area contributed by atoms with Gasteiger partial charge in [-0.3, -0.25) is 4.79 Å². The predicted octanol–water partition coefficient (Wildman–Crippen LogP) is 4.90. The molecular formula is C19H14ClF3N4OS. The largest absolute Gasteiger partial charge is 0.453 e. The van der Waals surface area contributed by atoms with Crippen molar-refractivity contribution >= 4 is 29.1 Å². The van der Waals surface area contributed by atoms with E-state index in [1.807, 2.05) is 19.1 Å². The Morgan fingerprint density at radius 2 is 1.76 bits per heavy atom. The van der Waals surface area contributed by atoms with Crippen molar-refractivity contribution in [3.8, 4) is 0 Å². The number of aryl methyl sites for hydroxylation is 1. The van der Waals surface area contributed by atoms with E-state index in [1.165, 1.54) is 0 Å². The third-order valence-corrected chi connectivity index (χ3v) is 5.98. The molecule has 0 radical (unpaired) electrons. The van der Waals surface area contributed by atoms with E-state index in [-0.39, 0.29) is 10.9 Å². The van der Waals surface area contributed by atoms with E-state index >= 15 is 0 Å². The Labute approximate surface area is 173 Å². The average molecular weight is 439 g/mol. The second kappa shape index (κ2) is 7.38. The number of hydrogen-bond donors (Lipinski definition) is 1. The first kappa shape index (κ1) is 19.8. The second-order valence-corrected chi connectivity index (χ2v) is 8.11. The van der Waals surface area contributed by atoms with E-state index in [0.717, 1.165) is 22.0 Å². The summed E-state index contributed by atoms with van der Waals surface area (Å²) in [5.74, 6) is -1.38. The van der Waals surface area contributed by atoms with Gasteiger partial charge in [0.05, 0.1) is 6.04 Å². The Morgan fingerprint density at radius 1 is 1.10 bits per heavy atom. The summed E-state index contributed by atoms with van der Waals surface area (Å²) in [7, 11) is 0. The molecule has 2 atom stereocenters. The maximum absolute atomic E-state index is 13.3. The van der Waals surface area contributed by atoms with Gasteiger partial charge in [-0.1, -0.05) is 65.3 Å². The minimum Gasteiger partial charge on any atom is -0.313 e. The van der Waals surface area contributed by atoms with Gasteiger partial charge in [-0.05, 0) is 24.6 Å². The summed E-state index contributed by atoms with van der Waals surface area (Å²) in [5.41, 5.74) is 4.88. The van der Waals surface area contributed by atoms with Crippen LogP contribution in [0.2, 0.25) is 5.02 Å². The number of Topliss-reactive ketones (excluding diaryl/α,β-unsaturated/α-hetero) is 1. The predicted molar refractivity (Wildman–Crippen MR) is 104 cm³/mol. The molecule has 1 aliphatic heterocycles. The highest BCUT2D eigenvalue weighted by Gasteiger charge is 2.44. The molecule has 0 spiro atoms. The number of rotatable bonds is 3. The number of fused-ring (bicyclic) bond motifs is 1. The molecule has 0 fully saturated rings. The summed E-state index contributed by atoms with van der Waals surface area (Å²) in [6.07, 6.45) is -4.68. The van der Waals surface area contributed by atoms with Crippen LogP contribution in [0.5, 0.6) is 0 Å². The van der Waals surface area contributed by atoms with Crippen LogP contribution in [0.4, 0.5) is 13.2 Å². The Kier molecular flexibility index (Phi) is 5.04. The number of halogens is 4. The van der Waals surface area contributed by atoms with E-state index in [1.54, 1.807) is 36.4 Å². The van der Waals surface area contributed by atoms with Gasteiger partial charge in [-0.2, -0.15) is 13.2 Å². The molecular weight excluding hydrogens is 425 g/mol. The van der Waals surface area contributed by atoms with E-state index in [0.29, 0.717) is 16.1 Å². The van der Waals surface area contributed by atoms with Crippen molar-refractivity contribution in [2.24, 2.45) is 0 Å². The van der Waals surface area contributed by atoms with Crippen LogP contribution in [0.15, 0.2) is 53.7 Å². The van der Waals surface area contributed by atoms with Crippen LogP contribution < -0.4 is 5.43 Å². The third kappa shape index (κ3) is 3.84. The number of aromatic nitrogens is 3. The molecule has 0 aliphatic carbocycles. The van der Waals surface area contributed by atoms with Gasteiger partial charge in [-0.15, -0.1) is 10.2 Å². The average Bonchev–Trinajstić information content (AvgIpc) is 3.11. The number of carbonyl (C=O) groups is 1. The third-order valence-electron chi connectivity index (χ3n) is 4.51. The molecule has 4 rings (SSSR count). The SMILES string of the molecule is Cc1ccc(C(=O)[C@H]2Sc3nnc(C(F)(F)F)n3N[C@H]2c2ccc(Cl)cc2)cc1. The summed E-state index contributed by atoms with van der Waals surface area (Å²) in [6.45, 7) is 1.91. The summed E-state index contributed by atoms with van der Waals surface area (Å²) >= 11 is 6.89. The lowest BCUT2D eigenvalue weighted by molar-refractivity contribution is -0.147. The van der Waals surface area contributed by atoms with Gasteiger partial charge in [0.1, 0.15) is 5.25 Å². The van der Waals surface area contributed by atoms with Gasteiger partial charge >= 0.3 is 6.18 Å². The van der Waals surface area contributed by atoms with Crippen LogP contribution in [0.1, 0.15) is 33.4 Å². The number of benzene rings is 2. The summed E-state index contributed by atoms with van der Waals surface area (Å²) in [4.78, 5) is 13.2. The molecule has 5 nitrogen and oxygen atoms in total. The minimum atomic E-state index is -4.68. The molecule has 1 aliphatic rings. The number of thioether (sulfide) groups is 1. The smallest absolute Gasteiger partial charge is 0.313 e. The quantitative estimate of drug-likeness (QED) is 0.589. The summed E-state index contributed by atoms with van der Waals surface area (Å²) < 4.78 is 40.7. The molecule has 1 aromatic heterocycles. The van der Waals surface area contributed by atoms with Crippen LogP contribution in [-0.4, -0.2) is 25.9 Å². The van der Waals surface area contributed by atoms with Gasteiger partial charge in [0.15, 0.2) is 5.78 Å². The highest BCUT2D eigenvalue weighted by Crippen LogP contribution is 2.41. The Hall–Kier alpha value is -2.52. The van der Waals surface area contributed by atoms with Gasteiger partial charge in [0.2, 0.25) is 5.16 Å². The van der Waals surface area contributed by atoms with Crippen molar-refractivity contribution in [3.63, 3.8) is 0 Å². The first-order valence-electron chi connectivity index (χ1n) is 8.56. The van der Waals surface area contributed by atoms with E-state index in [2.05, 4.69) is 15.6 Å². The maximum Gasteiger partial charge on any atom is 0.453 e. The number of hydrogen-bond acceptors (Lipinski definition) is 5. The molecule has 0 amide bonds. The lowest BCUT2D eigenvalue weighted by Crippen LogP contribution is -2.40. The monoisotopic (exact) mass is 438 g/mol. The van der Waals surface area contributed by atoms with Crippen LogP contribution in [-0.2, 0) is 6.18 Å². The number of ketones is 1. The summed E-state index contributed by atoms with van der Waals surface area (Å²) in [5, 5.41) is 6.61. The van der Waals surface area contributed by atoms with Crippen molar-refractivity contribution < 1.29 is 18.0 Å². The van der Waals surface area contributed by atoms with Crippen LogP contribution in [0.3, 0.4) is 0 Å². The zero-order chi connectivity index (χ0) is 20.8.